The summed E-state index contributed by atoms with van der Waals surface area (Å²) in [4.78, 5) is 4.85. The summed E-state index contributed by atoms with van der Waals surface area (Å²) >= 11 is 0. The molecule has 0 radical (unpaired) electrons. The van der Waals surface area contributed by atoms with Gasteiger partial charge in [0.25, 0.3) is 0 Å². The van der Waals surface area contributed by atoms with Crippen LogP contribution in [0.3, 0.4) is 0 Å². The number of fused-ring (bicyclic) bond motifs is 1. The summed E-state index contributed by atoms with van der Waals surface area (Å²) in [6, 6.07) is 9.45. The smallest absolute Gasteiger partial charge is 0.0691 e. The first kappa shape index (κ1) is 21.1. The number of nitrogens with one attached hydrogen (secondary N) is 1. The zero-order valence-corrected chi connectivity index (χ0v) is 19.4. The van der Waals surface area contributed by atoms with Crippen molar-refractivity contribution in [3.63, 3.8) is 0 Å². The Labute approximate surface area is 187 Å². The Morgan fingerprint density at radius 1 is 1.13 bits per heavy atom. The van der Waals surface area contributed by atoms with Crippen LogP contribution in [0.15, 0.2) is 36.7 Å². The van der Waals surface area contributed by atoms with Crippen LogP contribution in [0.1, 0.15) is 95.6 Å². The topological polar surface area (TPSA) is 52.0 Å². The molecule has 2 fully saturated rings. The largest absolute Gasteiger partial charge is 0.375 e. The van der Waals surface area contributed by atoms with Crippen molar-refractivity contribution in [2.45, 2.75) is 95.2 Å². The highest BCUT2D eigenvalue weighted by Crippen LogP contribution is 2.50. The van der Waals surface area contributed by atoms with Gasteiger partial charge in [0.05, 0.1) is 23.4 Å². The molecule has 3 aliphatic rings. The van der Waals surface area contributed by atoms with Gasteiger partial charge >= 0.3 is 0 Å². The van der Waals surface area contributed by atoms with Crippen molar-refractivity contribution in [1.29, 1.82) is 0 Å². The summed E-state index contributed by atoms with van der Waals surface area (Å²) in [5, 5.41) is 8.57. The fraction of sp³-hybridized carbons (Fsp3) is 0.692. The monoisotopic (exact) mass is 422 g/mol. The van der Waals surface area contributed by atoms with E-state index in [-0.39, 0.29) is 16.4 Å². The number of pyridine rings is 1. The van der Waals surface area contributed by atoms with Gasteiger partial charge in [-0.2, -0.15) is 5.10 Å². The van der Waals surface area contributed by atoms with E-state index in [0.717, 1.165) is 38.8 Å². The Bertz CT molecular complexity index is 880. The summed E-state index contributed by atoms with van der Waals surface area (Å²) < 4.78 is 8.67. The van der Waals surface area contributed by atoms with Crippen LogP contribution < -0.4 is 5.32 Å². The van der Waals surface area contributed by atoms with Gasteiger partial charge in [0.15, 0.2) is 0 Å². The minimum atomic E-state index is 0.0824. The van der Waals surface area contributed by atoms with Crippen molar-refractivity contribution in [3.8, 4) is 0 Å². The molecule has 2 unspecified atom stereocenters. The summed E-state index contributed by atoms with van der Waals surface area (Å²) in [7, 11) is 0. The molecule has 168 valence electrons. The van der Waals surface area contributed by atoms with Gasteiger partial charge in [-0.3, -0.25) is 9.67 Å². The third-order valence-corrected chi connectivity index (χ3v) is 8.18. The number of rotatable bonds is 5. The molecule has 1 aliphatic carbocycles. The van der Waals surface area contributed by atoms with E-state index in [4.69, 9.17) is 9.72 Å². The Kier molecular flexibility index (Phi) is 5.46. The molecule has 2 aliphatic heterocycles. The number of aromatic nitrogens is 3. The van der Waals surface area contributed by atoms with Gasteiger partial charge in [0, 0.05) is 30.1 Å². The minimum Gasteiger partial charge on any atom is -0.375 e. The highest BCUT2D eigenvalue weighted by atomic mass is 16.5. The molecular formula is C26H38N4O. The Balaban J connectivity index is 1.32. The molecule has 3 atom stereocenters. The van der Waals surface area contributed by atoms with Crippen LogP contribution in [0.4, 0.5) is 0 Å². The highest BCUT2D eigenvalue weighted by molar-refractivity contribution is 5.21. The van der Waals surface area contributed by atoms with Crippen LogP contribution in [-0.2, 0) is 10.2 Å². The van der Waals surface area contributed by atoms with Crippen LogP contribution in [0, 0.1) is 5.41 Å². The fourth-order valence-electron chi connectivity index (χ4n) is 6.49. The normalized spacial score (nSPS) is 30.0. The molecule has 0 amide bonds. The van der Waals surface area contributed by atoms with Crippen molar-refractivity contribution in [2.75, 3.05) is 13.2 Å². The predicted octanol–water partition coefficient (Wildman–Crippen LogP) is 5.35. The number of ether oxygens (including phenoxy) is 1. The van der Waals surface area contributed by atoms with Gasteiger partial charge in [0.2, 0.25) is 0 Å². The SMILES string of the molecule is CC(C)(C)C1CC(NCC[C@@]2(c3ccccn3)CCOC3(CCCC3)C2)c2ccnn21. The van der Waals surface area contributed by atoms with Crippen molar-refractivity contribution >= 4 is 0 Å². The first-order chi connectivity index (χ1) is 14.9. The van der Waals surface area contributed by atoms with E-state index in [1.165, 1.54) is 37.1 Å². The lowest BCUT2D eigenvalue weighted by molar-refractivity contribution is -0.104. The molecule has 1 saturated heterocycles. The molecule has 5 nitrogen and oxygen atoms in total. The molecule has 1 N–H and O–H groups in total. The van der Waals surface area contributed by atoms with Gasteiger partial charge in [-0.15, -0.1) is 0 Å². The van der Waals surface area contributed by atoms with E-state index in [9.17, 15) is 0 Å². The van der Waals surface area contributed by atoms with Crippen LogP contribution in [-0.4, -0.2) is 33.5 Å². The fourth-order valence-corrected chi connectivity index (χ4v) is 6.49. The number of hydrogen-bond donors (Lipinski definition) is 1. The van der Waals surface area contributed by atoms with E-state index in [2.05, 4.69) is 54.1 Å². The lowest BCUT2D eigenvalue weighted by atomic mass is 9.68. The maximum absolute atomic E-state index is 6.41. The van der Waals surface area contributed by atoms with E-state index in [0.29, 0.717) is 12.1 Å². The number of nitrogens with zero attached hydrogens (tertiary/aromatic N) is 3. The molecule has 5 rings (SSSR count). The van der Waals surface area contributed by atoms with Crippen LogP contribution in [0.5, 0.6) is 0 Å². The maximum atomic E-state index is 6.41. The van der Waals surface area contributed by atoms with Crippen molar-refractivity contribution in [1.82, 2.24) is 20.1 Å². The standard InChI is InChI=1S/C26H38N4O/c1-24(2,3)23-18-20(21-9-15-29-30(21)23)27-16-12-25(22-8-4-7-14-28-22)13-17-31-26(19-25)10-5-6-11-26/h4,7-9,14-15,20,23,27H,5-6,10-13,16-19H2,1-3H3/t20?,23?,25-/m1/s1. The second-order valence-corrected chi connectivity index (χ2v) is 11.2. The molecular weight excluding hydrogens is 384 g/mol. The van der Waals surface area contributed by atoms with Crippen molar-refractivity contribution < 1.29 is 4.74 Å². The average Bonchev–Trinajstić information content (AvgIpc) is 3.47. The molecule has 1 saturated carbocycles. The molecule has 31 heavy (non-hydrogen) atoms. The first-order valence-electron chi connectivity index (χ1n) is 12.2. The summed E-state index contributed by atoms with van der Waals surface area (Å²) in [6.45, 7) is 8.83. The zero-order valence-electron chi connectivity index (χ0n) is 19.4. The van der Waals surface area contributed by atoms with E-state index < -0.39 is 0 Å². The summed E-state index contributed by atoms with van der Waals surface area (Å²) in [5.74, 6) is 0. The Hall–Kier alpha value is -1.72. The van der Waals surface area contributed by atoms with E-state index in [1.54, 1.807) is 0 Å². The summed E-state index contributed by atoms with van der Waals surface area (Å²) in [6.07, 6.45) is 13.4. The zero-order chi connectivity index (χ0) is 21.5. The predicted molar refractivity (Wildman–Crippen MR) is 123 cm³/mol. The lowest BCUT2D eigenvalue weighted by Crippen LogP contribution is -2.47. The van der Waals surface area contributed by atoms with Gasteiger partial charge < -0.3 is 10.1 Å². The molecule has 5 heteroatoms. The molecule has 4 heterocycles. The van der Waals surface area contributed by atoms with Gasteiger partial charge in [-0.25, -0.2) is 0 Å². The third-order valence-electron chi connectivity index (χ3n) is 8.18. The highest BCUT2D eigenvalue weighted by Gasteiger charge is 2.48. The number of hydrogen-bond acceptors (Lipinski definition) is 4. The first-order valence-corrected chi connectivity index (χ1v) is 12.2. The Morgan fingerprint density at radius 3 is 2.71 bits per heavy atom. The van der Waals surface area contributed by atoms with Crippen LogP contribution in [0.25, 0.3) is 0 Å². The van der Waals surface area contributed by atoms with Gasteiger partial charge in [0.1, 0.15) is 0 Å². The average molecular weight is 423 g/mol. The van der Waals surface area contributed by atoms with Crippen molar-refractivity contribution in [3.05, 3.63) is 48.0 Å². The van der Waals surface area contributed by atoms with E-state index in [1.807, 2.05) is 18.5 Å². The van der Waals surface area contributed by atoms with Crippen LogP contribution >= 0.6 is 0 Å². The lowest BCUT2D eigenvalue weighted by Gasteiger charge is -2.46. The molecule has 2 aromatic rings. The van der Waals surface area contributed by atoms with Crippen molar-refractivity contribution in [2.24, 2.45) is 5.41 Å². The van der Waals surface area contributed by atoms with E-state index >= 15 is 0 Å². The summed E-state index contributed by atoms with van der Waals surface area (Å²) in [5.41, 5.74) is 3.00. The molecule has 0 bridgehead atoms. The molecule has 1 spiro atoms. The second kappa shape index (κ2) is 8.00. The Morgan fingerprint density at radius 2 is 1.97 bits per heavy atom. The second-order valence-electron chi connectivity index (χ2n) is 11.2. The maximum Gasteiger partial charge on any atom is 0.0691 e. The molecule has 0 aromatic carbocycles. The van der Waals surface area contributed by atoms with Gasteiger partial charge in [-0.1, -0.05) is 39.7 Å². The minimum absolute atomic E-state index is 0.0824. The van der Waals surface area contributed by atoms with Gasteiger partial charge in [-0.05, 0) is 68.7 Å². The van der Waals surface area contributed by atoms with Crippen LogP contribution in [0.2, 0.25) is 0 Å². The third kappa shape index (κ3) is 3.95. The molecule has 2 aromatic heterocycles. The quantitative estimate of drug-likeness (QED) is 0.706.